The van der Waals surface area contributed by atoms with Crippen LogP contribution in [0.5, 0.6) is 5.75 Å². The number of hydrogen-bond acceptors (Lipinski definition) is 4. The molecule has 154 valence electrons. The lowest BCUT2D eigenvalue weighted by atomic mass is 10.1. The van der Waals surface area contributed by atoms with Crippen LogP contribution in [0, 0.1) is 5.82 Å². The molecule has 30 heavy (non-hydrogen) atoms. The molecule has 10 heteroatoms. The van der Waals surface area contributed by atoms with Crippen molar-refractivity contribution in [2.45, 2.75) is 19.8 Å². The first-order chi connectivity index (χ1) is 14.3. The van der Waals surface area contributed by atoms with Crippen LogP contribution in [-0.2, 0) is 6.54 Å². The fourth-order valence-electron chi connectivity index (χ4n) is 3.15. The Labute approximate surface area is 166 Å². The summed E-state index contributed by atoms with van der Waals surface area (Å²) < 4.78 is 57.2. The molecule has 0 spiro atoms. The van der Waals surface area contributed by atoms with Crippen molar-refractivity contribution in [3.05, 3.63) is 70.9 Å². The highest BCUT2D eigenvalue weighted by atomic mass is 19.4. The second-order valence-electron chi connectivity index (χ2n) is 6.37. The fraction of sp³-hybridized carbons (Fsp3) is 0.150. The smallest absolute Gasteiger partial charge is 0.406 e. The van der Waals surface area contributed by atoms with Crippen molar-refractivity contribution in [1.82, 2.24) is 19.6 Å². The number of rotatable bonds is 4. The summed E-state index contributed by atoms with van der Waals surface area (Å²) in [5.41, 5.74) is 1.61. The maximum atomic E-state index is 13.4. The highest BCUT2D eigenvalue weighted by Gasteiger charge is 2.31. The van der Waals surface area contributed by atoms with Crippen molar-refractivity contribution in [3.63, 3.8) is 0 Å². The third-order valence-corrected chi connectivity index (χ3v) is 4.47. The minimum atomic E-state index is -4.81. The molecule has 0 aliphatic heterocycles. The first-order valence-electron chi connectivity index (χ1n) is 8.88. The lowest BCUT2D eigenvalue weighted by Crippen LogP contribution is -2.19. The van der Waals surface area contributed by atoms with Gasteiger partial charge in [-0.1, -0.05) is 17.3 Å². The monoisotopic (exact) mass is 418 g/mol. The predicted molar refractivity (Wildman–Crippen MR) is 101 cm³/mol. The molecule has 0 saturated carbocycles. The van der Waals surface area contributed by atoms with Gasteiger partial charge in [-0.2, -0.15) is 0 Å². The summed E-state index contributed by atoms with van der Waals surface area (Å²) >= 11 is 0. The molecule has 4 rings (SSSR count). The van der Waals surface area contributed by atoms with Crippen molar-refractivity contribution < 1.29 is 22.3 Å². The molecule has 2 aromatic heterocycles. The summed E-state index contributed by atoms with van der Waals surface area (Å²) in [5, 5.41) is 7.98. The van der Waals surface area contributed by atoms with Gasteiger partial charge >= 0.3 is 6.36 Å². The Morgan fingerprint density at radius 2 is 1.70 bits per heavy atom. The number of nitrogens with zero attached hydrogens (tertiary/aromatic N) is 4. The zero-order valence-electron chi connectivity index (χ0n) is 15.5. The van der Waals surface area contributed by atoms with Crippen LogP contribution in [0.3, 0.4) is 0 Å². The Kier molecular flexibility index (Phi) is 4.76. The first kappa shape index (κ1) is 19.6. The van der Waals surface area contributed by atoms with Crippen molar-refractivity contribution in [1.29, 1.82) is 0 Å². The van der Waals surface area contributed by atoms with E-state index in [1.165, 1.54) is 35.0 Å². The summed E-state index contributed by atoms with van der Waals surface area (Å²) in [4.78, 5) is 13.0. The Balaban J connectivity index is 1.90. The topological polar surface area (TPSA) is 61.9 Å². The van der Waals surface area contributed by atoms with Gasteiger partial charge in [0.05, 0.1) is 0 Å². The van der Waals surface area contributed by atoms with Crippen LogP contribution in [0.1, 0.15) is 6.92 Å². The molecule has 0 aliphatic rings. The molecule has 0 unspecified atom stereocenters. The molecule has 0 aliphatic carbocycles. The van der Waals surface area contributed by atoms with E-state index < -0.39 is 23.5 Å². The van der Waals surface area contributed by atoms with Gasteiger partial charge in [-0.15, -0.1) is 18.3 Å². The van der Waals surface area contributed by atoms with Crippen LogP contribution in [-0.4, -0.2) is 25.9 Å². The van der Waals surface area contributed by atoms with Crippen LogP contribution in [0.25, 0.3) is 27.8 Å². The number of hydrogen-bond donors (Lipinski definition) is 0. The molecule has 0 radical (unpaired) electrons. The van der Waals surface area contributed by atoms with Gasteiger partial charge < -0.3 is 4.74 Å². The zero-order valence-corrected chi connectivity index (χ0v) is 15.5. The van der Waals surface area contributed by atoms with Gasteiger partial charge in [0.15, 0.2) is 5.52 Å². The Bertz CT molecular complexity index is 1260. The molecule has 0 N–H and O–H groups in total. The third kappa shape index (κ3) is 3.63. The van der Waals surface area contributed by atoms with Crippen LogP contribution in [0.15, 0.2) is 59.5 Å². The van der Waals surface area contributed by atoms with E-state index in [-0.39, 0.29) is 5.52 Å². The van der Waals surface area contributed by atoms with Crippen LogP contribution < -0.4 is 10.3 Å². The number of pyridine rings is 1. The highest BCUT2D eigenvalue weighted by Crippen LogP contribution is 2.28. The maximum Gasteiger partial charge on any atom is 0.573 e. The molecule has 0 saturated heterocycles. The van der Waals surface area contributed by atoms with E-state index in [1.54, 1.807) is 16.8 Å². The SMILES string of the molecule is CCn1nnc2c(=O)n(-c3ccc(OC(F)(F)F)cc3)cc(-c3ccc(F)cc3)c21. The first-order valence-corrected chi connectivity index (χ1v) is 8.88. The Morgan fingerprint density at radius 1 is 1.03 bits per heavy atom. The third-order valence-electron chi connectivity index (χ3n) is 4.47. The number of fused-ring (bicyclic) bond motifs is 1. The second-order valence-corrected chi connectivity index (χ2v) is 6.37. The predicted octanol–water partition coefficient (Wildman–Crippen LogP) is 4.31. The molecule has 0 amide bonds. The number of aryl methyl sites for hydroxylation is 1. The van der Waals surface area contributed by atoms with Gasteiger partial charge in [-0.3, -0.25) is 9.36 Å². The van der Waals surface area contributed by atoms with Crippen LogP contribution in [0.2, 0.25) is 0 Å². The highest BCUT2D eigenvalue weighted by molar-refractivity contribution is 5.91. The maximum absolute atomic E-state index is 13.4. The van der Waals surface area contributed by atoms with E-state index in [4.69, 9.17) is 0 Å². The summed E-state index contributed by atoms with van der Waals surface area (Å²) in [6.07, 6.45) is -3.28. The lowest BCUT2D eigenvalue weighted by molar-refractivity contribution is -0.274. The summed E-state index contributed by atoms with van der Waals surface area (Å²) in [6.45, 7) is 2.30. The number of aromatic nitrogens is 4. The number of halogens is 4. The Hall–Kier alpha value is -3.69. The standard InChI is InChI=1S/C20H14F4N4O2/c1-2-28-18-16(12-3-5-13(21)6-4-12)11-27(19(29)17(18)25-26-28)14-7-9-15(10-8-14)30-20(22,23)24/h3-11H,2H2,1H3. The zero-order chi connectivity index (χ0) is 21.5. The van der Waals surface area contributed by atoms with Crippen LogP contribution in [0.4, 0.5) is 17.6 Å². The minimum Gasteiger partial charge on any atom is -0.406 e. The summed E-state index contributed by atoms with van der Waals surface area (Å²) in [5.74, 6) is -0.818. The van der Waals surface area contributed by atoms with Gasteiger partial charge in [0.25, 0.3) is 5.56 Å². The molecule has 0 fully saturated rings. The van der Waals surface area contributed by atoms with Crippen molar-refractivity contribution in [3.8, 4) is 22.6 Å². The van der Waals surface area contributed by atoms with Crippen LogP contribution >= 0.6 is 0 Å². The van der Waals surface area contributed by atoms with Gasteiger partial charge in [0, 0.05) is 24.0 Å². The summed E-state index contributed by atoms with van der Waals surface area (Å²) in [7, 11) is 0. The molecular formula is C20H14F4N4O2. The largest absolute Gasteiger partial charge is 0.573 e. The van der Waals surface area contributed by atoms with Crippen molar-refractivity contribution in [2.24, 2.45) is 0 Å². The molecule has 4 aromatic rings. The Morgan fingerprint density at radius 3 is 2.30 bits per heavy atom. The van der Waals surface area contributed by atoms with Gasteiger partial charge in [0.1, 0.15) is 17.1 Å². The van der Waals surface area contributed by atoms with E-state index in [1.807, 2.05) is 6.92 Å². The molecule has 2 heterocycles. The van der Waals surface area contributed by atoms with E-state index in [0.717, 1.165) is 12.1 Å². The number of alkyl halides is 3. The molecule has 2 aromatic carbocycles. The fourth-order valence-corrected chi connectivity index (χ4v) is 3.15. The normalized spacial score (nSPS) is 11.8. The van der Waals surface area contributed by atoms with Gasteiger partial charge in [0.2, 0.25) is 0 Å². The van der Waals surface area contributed by atoms with Gasteiger partial charge in [-0.25, -0.2) is 9.07 Å². The van der Waals surface area contributed by atoms with Gasteiger partial charge in [-0.05, 0) is 48.9 Å². The molecule has 6 nitrogen and oxygen atoms in total. The number of ether oxygens (including phenoxy) is 1. The van der Waals surface area contributed by atoms with Crippen molar-refractivity contribution in [2.75, 3.05) is 0 Å². The van der Waals surface area contributed by atoms with E-state index in [0.29, 0.717) is 28.9 Å². The van der Waals surface area contributed by atoms with E-state index in [2.05, 4.69) is 15.0 Å². The summed E-state index contributed by atoms with van der Waals surface area (Å²) in [6, 6.07) is 10.6. The number of benzene rings is 2. The average Bonchev–Trinajstić information content (AvgIpc) is 3.14. The van der Waals surface area contributed by atoms with E-state index >= 15 is 0 Å². The molecule has 0 atom stereocenters. The molecule has 0 bridgehead atoms. The lowest BCUT2D eigenvalue weighted by Gasteiger charge is -2.13. The van der Waals surface area contributed by atoms with Crippen molar-refractivity contribution >= 4 is 11.0 Å². The minimum absolute atomic E-state index is 0.0919. The van der Waals surface area contributed by atoms with E-state index in [9.17, 15) is 22.4 Å². The quantitative estimate of drug-likeness (QED) is 0.464. The second kappa shape index (κ2) is 7.29. The molecular weight excluding hydrogens is 404 g/mol. The average molecular weight is 418 g/mol.